The number of anilines is 1. The number of carbonyl (C=O) groups is 1. The van der Waals surface area contributed by atoms with E-state index in [0.29, 0.717) is 29.1 Å². The summed E-state index contributed by atoms with van der Waals surface area (Å²) in [6.45, 7) is 4.10. The highest BCUT2D eigenvalue weighted by Gasteiger charge is 2.22. The molecule has 1 fully saturated rings. The first-order chi connectivity index (χ1) is 12.4. The van der Waals surface area contributed by atoms with Crippen LogP contribution in [0.2, 0.25) is 0 Å². The highest BCUT2D eigenvalue weighted by Crippen LogP contribution is 2.23. The number of hydrogen-bond donors (Lipinski definition) is 2. The van der Waals surface area contributed by atoms with Crippen LogP contribution >= 0.6 is 0 Å². The van der Waals surface area contributed by atoms with Gasteiger partial charge in [-0.2, -0.15) is 0 Å². The molecule has 1 amide bonds. The van der Waals surface area contributed by atoms with Crippen LogP contribution in [0.15, 0.2) is 21.9 Å². The normalized spacial score (nSPS) is 18.7. The van der Waals surface area contributed by atoms with Crippen molar-refractivity contribution in [2.75, 3.05) is 18.4 Å². The number of fused-ring (bicyclic) bond motifs is 1. The van der Waals surface area contributed by atoms with Crippen LogP contribution in [0, 0.1) is 11.8 Å². The van der Waals surface area contributed by atoms with Gasteiger partial charge in [-0.1, -0.05) is 6.92 Å². The number of piperidine rings is 1. The van der Waals surface area contributed by atoms with Crippen LogP contribution in [0.1, 0.15) is 26.2 Å². The largest absolute Gasteiger partial charge is 0.332 e. The molecule has 0 aromatic carbocycles. The maximum Gasteiger partial charge on any atom is 0.332 e. The van der Waals surface area contributed by atoms with Gasteiger partial charge >= 0.3 is 5.69 Å². The van der Waals surface area contributed by atoms with Crippen molar-refractivity contribution in [1.29, 1.82) is 0 Å². The Balaban J connectivity index is 1.77. The monoisotopic (exact) mass is 359 g/mol. The Morgan fingerprint density at radius 3 is 2.85 bits per heavy atom. The molecule has 8 heteroatoms. The van der Waals surface area contributed by atoms with E-state index in [1.165, 1.54) is 17.8 Å². The second-order valence-corrected chi connectivity index (χ2v) is 7.14. The summed E-state index contributed by atoms with van der Waals surface area (Å²) in [5, 5.41) is 6.50. The number of hydrogen-bond acceptors (Lipinski definition) is 5. The molecule has 140 valence electrons. The van der Waals surface area contributed by atoms with Crippen LogP contribution in [0.3, 0.4) is 0 Å². The fraction of sp³-hybridized carbons (Fsp3) is 0.556. The average molecular weight is 359 g/mol. The smallest absolute Gasteiger partial charge is 0.325 e. The SMILES string of the molecule is CC(CC(=O)Nc1cnc2c(c1)c(=O)n(C)c(=O)n2C)C1CCCNC1. The lowest BCUT2D eigenvalue weighted by Gasteiger charge is -2.28. The van der Waals surface area contributed by atoms with Crippen LogP contribution in [0.5, 0.6) is 0 Å². The molecule has 2 unspecified atom stereocenters. The maximum absolute atomic E-state index is 12.4. The molecule has 3 rings (SSSR count). The molecule has 0 spiro atoms. The zero-order chi connectivity index (χ0) is 18.8. The molecule has 26 heavy (non-hydrogen) atoms. The third kappa shape index (κ3) is 3.55. The van der Waals surface area contributed by atoms with Crippen molar-refractivity contribution < 1.29 is 4.79 Å². The fourth-order valence-electron chi connectivity index (χ4n) is 3.57. The van der Waals surface area contributed by atoms with Crippen molar-refractivity contribution in [1.82, 2.24) is 19.4 Å². The number of nitrogens with one attached hydrogen (secondary N) is 2. The van der Waals surface area contributed by atoms with Gasteiger partial charge in [0, 0.05) is 20.5 Å². The lowest BCUT2D eigenvalue weighted by atomic mass is 9.85. The molecule has 2 N–H and O–H groups in total. The van der Waals surface area contributed by atoms with Crippen LogP contribution in [0.25, 0.3) is 11.0 Å². The maximum atomic E-state index is 12.4. The minimum absolute atomic E-state index is 0.0918. The van der Waals surface area contributed by atoms with Crippen LogP contribution < -0.4 is 21.9 Å². The van der Waals surface area contributed by atoms with Crippen molar-refractivity contribution in [2.24, 2.45) is 25.9 Å². The number of aromatic nitrogens is 3. The Hall–Kier alpha value is -2.48. The van der Waals surface area contributed by atoms with Gasteiger partial charge in [-0.05, 0) is 43.8 Å². The van der Waals surface area contributed by atoms with Gasteiger partial charge in [-0.15, -0.1) is 0 Å². The van der Waals surface area contributed by atoms with Gasteiger partial charge in [0.15, 0.2) is 0 Å². The van der Waals surface area contributed by atoms with Crippen molar-refractivity contribution in [3.63, 3.8) is 0 Å². The Kier molecular flexibility index (Phi) is 5.22. The summed E-state index contributed by atoms with van der Waals surface area (Å²) in [5.41, 5.74) is -0.0833. The van der Waals surface area contributed by atoms with Gasteiger partial charge in [0.25, 0.3) is 5.56 Å². The standard InChI is InChI=1S/C18H25N5O3/c1-11(12-5-4-6-19-9-12)7-15(24)21-13-8-14-16(20-10-13)22(2)18(26)23(3)17(14)25/h8,10-12,19H,4-7,9H2,1-3H3,(H,21,24). The number of rotatable bonds is 4. The van der Waals surface area contributed by atoms with E-state index < -0.39 is 11.2 Å². The Labute approximate surface area is 151 Å². The summed E-state index contributed by atoms with van der Waals surface area (Å²) < 4.78 is 2.36. The second-order valence-electron chi connectivity index (χ2n) is 7.14. The van der Waals surface area contributed by atoms with E-state index in [1.54, 1.807) is 13.1 Å². The first kappa shape index (κ1) is 18.3. The van der Waals surface area contributed by atoms with Crippen molar-refractivity contribution >= 4 is 22.6 Å². The van der Waals surface area contributed by atoms with E-state index in [0.717, 1.165) is 30.5 Å². The van der Waals surface area contributed by atoms with Crippen molar-refractivity contribution in [3.8, 4) is 0 Å². The van der Waals surface area contributed by atoms with E-state index in [1.807, 2.05) is 0 Å². The van der Waals surface area contributed by atoms with Crippen LogP contribution in [-0.4, -0.2) is 33.1 Å². The van der Waals surface area contributed by atoms with Gasteiger partial charge in [-0.25, -0.2) is 9.78 Å². The molecular formula is C18H25N5O3. The third-order valence-electron chi connectivity index (χ3n) is 5.22. The highest BCUT2D eigenvalue weighted by atomic mass is 16.2. The topological polar surface area (TPSA) is 98.0 Å². The molecule has 1 saturated heterocycles. The summed E-state index contributed by atoms with van der Waals surface area (Å²) in [5.74, 6) is 0.696. The number of amides is 1. The average Bonchev–Trinajstić information content (AvgIpc) is 2.65. The van der Waals surface area contributed by atoms with Gasteiger partial charge in [0.2, 0.25) is 5.91 Å². The summed E-state index contributed by atoms with van der Waals surface area (Å²) in [7, 11) is 2.99. The summed E-state index contributed by atoms with van der Waals surface area (Å²) in [4.78, 5) is 40.8. The Morgan fingerprint density at radius 1 is 1.38 bits per heavy atom. The van der Waals surface area contributed by atoms with E-state index in [2.05, 4.69) is 22.5 Å². The molecule has 0 radical (unpaired) electrons. The van der Waals surface area contributed by atoms with E-state index >= 15 is 0 Å². The van der Waals surface area contributed by atoms with E-state index in [-0.39, 0.29) is 11.8 Å². The van der Waals surface area contributed by atoms with Crippen molar-refractivity contribution in [3.05, 3.63) is 33.1 Å². The molecule has 2 aromatic rings. The first-order valence-electron chi connectivity index (χ1n) is 8.95. The third-order valence-corrected chi connectivity index (χ3v) is 5.22. The number of aryl methyl sites for hydroxylation is 1. The molecule has 0 bridgehead atoms. The Morgan fingerprint density at radius 2 is 2.15 bits per heavy atom. The lowest BCUT2D eigenvalue weighted by molar-refractivity contribution is -0.117. The van der Waals surface area contributed by atoms with Gasteiger partial charge in [0.1, 0.15) is 5.65 Å². The molecule has 0 saturated carbocycles. The number of carbonyl (C=O) groups excluding carboxylic acids is 1. The minimum Gasteiger partial charge on any atom is -0.325 e. The van der Waals surface area contributed by atoms with Crippen LogP contribution in [0.4, 0.5) is 5.69 Å². The molecule has 1 aliphatic rings. The predicted octanol–water partition coefficient (Wildman–Crippen LogP) is 0.597. The molecule has 2 atom stereocenters. The molecule has 3 heterocycles. The molecular weight excluding hydrogens is 334 g/mol. The molecule has 0 aliphatic carbocycles. The predicted molar refractivity (Wildman–Crippen MR) is 100 cm³/mol. The Bertz CT molecular complexity index is 940. The molecule has 2 aromatic heterocycles. The van der Waals surface area contributed by atoms with Crippen molar-refractivity contribution in [2.45, 2.75) is 26.2 Å². The zero-order valence-electron chi connectivity index (χ0n) is 15.4. The fourth-order valence-corrected chi connectivity index (χ4v) is 3.57. The first-order valence-corrected chi connectivity index (χ1v) is 8.95. The summed E-state index contributed by atoms with van der Waals surface area (Å²) >= 11 is 0. The number of nitrogens with zero attached hydrogens (tertiary/aromatic N) is 3. The van der Waals surface area contributed by atoms with E-state index in [4.69, 9.17) is 0 Å². The van der Waals surface area contributed by atoms with Gasteiger partial charge < -0.3 is 10.6 Å². The van der Waals surface area contributed by atoms with Gasteiger partial charge in [-0.3, -0.25) is 18.7 Å². The summed E-state index contributed by atoms with van der Waals surface area (Å²) in [6, 6.07) is 1.58. The van der Waals surface area contributed by atoms with Gasteiger partial charge in [0.05, 0.1) is 17.3 Å². The summed E-state index contributed by atoms with van der Waals surface area (Å²) in [6.07, 6.45) is 4.19. The molecule has 1 aliphatic heterocycles. The lowest BCUT2D eigenvalue weighted by Crippen LogP contribution is -2.37. The molecule has 8 nitrogen and oxygen atoms in total. The minimum atomic E-state index is -0.429. The quantitative estimate of drug-likeness (QED) is 0.833. The zero-order valence-corrected chi connectivity index (χ0v) is 15.4. The van der Waals surface area contributed by atoms with E-state index in [9.17, 15) is 14.4 Å². The number of pyridine rings is 1. The second kappa shape index (κ2) is 7.41. The highest BCUT2D eigenvalue weighted by molar-refractivity contribution is 5.92. The van der Waals surface area contributed by atoms with Crippen LogP contribution in [-0.2, 0) is 18.9 Å².